The van der Waals surface area contributed by atoms with Gasteiger partial charge in [0, 0.05) is 10.5 Å². The largest absolute Gasteiger partial charge is 0.449 e. The Balaban J connectivity index is 1.94. The van der Waals surface area contributed by atoms with Gasteiger partial charge >= 0.3 is 11.9 Å². The Labute approximate surface area is 176 Å². The highest BCUT2D eigenvalue weighted by Gasteiger charge is 2.33. The van der Waals surface area contributed by atoms with E-state index < -0.39 is 34.0 Å². The topological polar surface area (TPSA) is 81.5 Å². The van der Waals surface area contributed by atoms with Crippen molar-refractivity contribution in [2.24, 2.45) is 0 Å². The second-order valence-electron chi connectivity index (χ2n) is 5.97. The molecule has 6 nitrogen and oxygen atoms in total. The van der Waals surface area contributed by atoms with E-state index in [2.05, 4.69) is 21.2 Å². The lowest BCUT2D eigenvalue weighted by atomic mass is 10.1. The maximum atomic E-state index is 12.9. The molecule has 0 saturated carbocycles. The summed E-state index contributed by atoms with van der Waals surface area (Å²) in [5, 5.41) is 13.9. The summed E-state index contributed by atoms with van der Waals surface area (Å²) in [5.74, 6) is -1.04. The average Bonchev–Trinajstić information content (AvgIpc) is 2.69. The van der Waals surface area contributed by atoms with Crippen molar-refractivity contribution < 1.29 is 27.6 Å². The Kier molecular flexibility index (Phi) is 6.06. The molecule has 154 valence electrons. The second-order valence-corrected chi connectivity index (χ2v) is 6.82. The van der Waals surface area contributed by atoms with Crippen molar-refractivity contribution in [3.8, 4) is 11.5 Å². The van der Waals surface area contributed by atoms with Gasteiger partial charge in [0.1, 0.15) is 5.75 Å². The van der Waals surface area contributed by atoms with Gasteiger partial charge in [0.25, 0.3) is 5.91 Å². The van der Waals surface area contributed by atoms with Crippen LogP contribution in [0.5, 0.6) is 11.5 Å². The number of ether oxygens (including phenoxy) is 1. The highest BCUT2D eigenvalue weighted by atomic mass is 79.9. The van der Waals surface area contributed by atoms with E-state index in [-0.39, 0.29) is 11.3 Å². The first kappa shape index (κ1) is 21.3. The predicted molar refractivity (Wildman–Crippen MR) is 107 cm³/mol. The van der Waals surface area contributed by atoms with Gasteiger partial charge in [-0.1, -0.05) is 24.3 Å². The van der Waals surface area contributed by atoms with Crippen LogP contribution in [0.1, 0.15) is 15.9 Å². The number of carbonyl (C=O) groups is 1. The normalized spacial score (nSPS) is 11.1. The molecule has 0 atom stereocenters. The molecule has 0 radical (unpaired) electrons. The lowest BCUT2D eigenvalue weighted by molar-refractivity contribution is -0.385. The molecule has 0 aliphatic heterocycles. The number of amides is 1. The van der Waals surface area contributed by atoms with Crippen LogP contribution in [-0.4, -0.2) is 10.8 Å². The minimum atomic E-state index is -4.75. The van der Waals surface area contributed by atoms with Crippen LogP contribution >= 0.6 is 15.9 Å². The summed E-state index contributed by atoms with van der Waals surface area (Å²) >= 11 is 3.30. The van der Waals surface area contributed by atoms with Gasteiger partial charge in [-0.2, -0.15) is 13.2 Å². The highest BCUT2D eigenvalue weighted by molar-refractivity contribution is 9.10. The molecular weight excluding hydrogens is 469 g/mol. The molecule has 0 fully saturated rings. The number of para-hydroxylation sites is 2. The average molecular weight is 481 g/mol. The summed E-state index contributed by atoms with van der Waals surface area (Å²) in [6.45, 7) is 0. The molecule has 3 aromatic rings. The number of benzene rings is 3. The molecule has 30 heavy (non-hydrogen) atoms. The monoisotopic (exact) mass is 480 g/mol. The van der Waals surface area contributed by atoms with E-state index in [1.54, 1.807) is 30.3 Å². The fraction of sp³-hybridized carbons (Fsp3) is 0.0500. The zero-order valence-electron chi connectivity index (χ0n) is 14.9. The Hall–Kier alpha value is -3.40. The number of nitrogens with one attached hydrogen (secondary N) is 1. The van der Waals surface area contributed by atoms with Gasteiger partial charge in [-0.25, -0.2) is 0 Å². The number of hydrogen-bond acceptors (Lipinski definition) is 4. The zero-order chi connectivity index (χ0) is 21.9. The number of carbonyl (C=O) groups excluding carboxylic acids is 1. The van der Waals surface area contributed by atoms with Gasteiger partial charge in [-0.15, -0.1) is 0 Å². The molecule has 0 unspecified atom stereocenters. The summed E-state index contributed by atoms with van der Waals surface area (Å²) in [6, 6.07) is 14.7. The Morgan fingerprint density at radius 1 is 1.00 bits per heavy atom. The van der Waals surface area contributed by atoms with Crippen LogP contribution in [0.2, 0.25) is 0 Å². The molecule has 0 aromatic heterocycles. The Bertz CT molecular complexity index is 1120. The first-order valence-corrected chi connectivity index (χ1v) is 9.14. The molecular formula is C20H12BrF3N2O4. The maximum absolute atomic E-state index is 12.9. The molecule has 0 heterocycles. The van der Waals surface area contributed by atoms with E-state index in [4.69, 9.17) is 4.74 Å². The number of hydrogen-bond donors (Lipinski definition) is 1. The molecule has 3 aromatic carbocycles. The van der Waals surface area contributed by atoms with Gasteiger partial charge in [-0.3, -0.25) is 14.9 Å². The van der Waals surface area contributed by atoms with Gasteiger partial charge in [0.05, 0.1) is 21.7 Å². The third kappa shape index (κ3) is 4.77. The molecule has 1 N–H and O–H groups in total. The Morgan fingerprint density at radius 3 is 2.33 bits per heavy atom. The lowest BCUT2D eigenvalue weighted by Gasteiger charge is -2.13. The summed E-state index contributed by atoms with van der Waals surface area (Å²) < 4.78 is 44.7. The molecule has 1 amide bonds. The van der Waals surface area contributed by atoms with Gasteiger partial charge in [0.2, 0.25) is 5.75 Å². The number of nitro benzene ring substituents is 1. The van der Waals surface area contributed by atoms with Crippen LogP contribution < -0.4 is 10.1 Å². The quantitative estimate of drug-likeness (QED) is 0.337. The number of nitro groups is 1. The smallest absolute Gasteiger partial charge is 0.416 e. The fourth-order valence-corrected chi connectivity index (χ4v) is 2.92. The van der Waals surface area contributed by atoms with E-state index >= 15 is 0 Å². The summed E-state index contributed by atoms with van der Waals surface area (Å²) in [4.78, 5) is 23.0. The van der Waals surface area contributed by atoms with E-state index in [0.717, 1.165) is 6.07 Å². The third-order valence-electron chi connectivity index (χ3n) is 3.96. The van der Waals surface area contributed by atoms with Crippen molar-refractivity contribution in [1.82, 2.24) is 0 Å². The number of alkyl halides is 3. The molecule has 0 spiro atoms. The van der Waals surface area contributed by atoms with E-state index in [0.29, 0.717) is 22.3 Å². The van der Waals surface area contributed by atoms with Gasteiger partial charge in [0.15, 0.2) is 0 Å². The van der Waals surface area contributed by atoms with Crippen molar-refractivity contribution in [3.05, 3.63) is 92.4 Å². The van der Waals surface area contributed by atoms with Crippen molar-refractivity contribution in [1.29, 1.82) is 0 Å². The minimum Gasteiger partial charge on any atom is -0.449 e. The van der Waals surface area contributed by atoms with Gasteiger partial charge < -0.3 is 10.1 Å². The van der Waals surface area contributed by atoms with Crippen molar-refractivity contribution in [3.63, 3.8) is 0 Å². The molecule has 0 aliphatic carbocycles. The van der Waals surface area contributed by atoms with Crippen LogP contribution in [-0.2, 0) is 6.18 Å². The SMILES string of the molecule is O=C(Nc1ccccc1Br)c1ccccc1Oc1ccc(C(F)(F)F)cc1[N+](=O)[O-]. The van der Waals surface area contributed by atoms with Gasteiger partial charge in [-0.05, 0) is 52.3 Å². The standard InChI is InChI=1S/C20H12BrF3N2O4/c21-14-6-2-3-7-15(14)25-19(27)13-5-1-4-8-17(13)30-18-10-9-12(20(22,23)24)11-16(18)26(28)29/h1-11H,(H,25,27). The number of anilines is 1. The fourth-order valence-electron chi connectivity index (χ4n) is 2.54. The van der Waals surface area contributed by atoms with Crippen LogP contribution in [0.25, 0.3) is 0 Å². The van der Waals surface area contributed by atoms with Crippen LogP contribution in [0, 0.1) is 10.1 Å². The van der Waals surface area contributed by atoms with E-state index in [9.17, 15) is 28.1 Å². The number of rotatable bonds is 5. The molecule has 10 heteroatoms. The summed E-state index contributed by atoms with van der Waals surface area (Å²) in [5.41, 5.74) is -1.52. The third-order valence-corrected chi connectivity index (χ3v) is 4.65. The predicted octanol–water partition coefficient (Wildman–Crippen LogP) is 6.42. The number of nitrogens with zero attached hydrogens (tertiary/aromatic N) is 1. The van der Waals surface area contributed by atoms with Crippen molar-refractivity contribution in [2.75, 3.05) is 5.32 Å². The van der Waals surface area contributed by atoms with E-state index in [1.807, 2.05) is 0 Å². The van der Waals surface area contributed by atoms with Crippen LogP contribution in [0.15, 0.2) is 71.2 Å². The molecule has 0 bridgehead atoms. The lowest BCUT2D eigenvalue weighted by Crippen LogP contribution is -2.13. The highest BCUT2D eigenvalue weighted by Crippen LogP contribution is 2.38. The Morgan fingerprint density at radius 2 is 1.67 bits per heavy atom. The zero-order valence-corrected chi connectivity index (χ0v) is 16.5. The van der Waals surface area contributed by atoms with E-state index in [1.165, 1.54) is 18.2 Å². The maximum Gasteiger partial charge on any atom is 0.416 e. The first-order valence-electron chi connectivity index (χ1n) is 8.35. The van der Waals surface area contributed by atoms with Crippen LogP contribution in [0.3, 0.4) is 0 Å². The molecule has 3 rings (SSSR count). The second kappa shape index (κ2) is 8.54. The molecule has 0 saturated heterocycles. The van der Waals surface area contributed by atoms with Crippen LogP contribution in [0.4, 0.5) is 24.5 Å². The molecule has 0 aliphatic rings. The van der Waals surface area contributed by atoms with Crippen molar-refractivity contribution >= 4 is 33.2 Å². The summed E-state index contributed by atoms with van der Waals surface area (Å²) in [6.07, 6.45) is -4.75. The van der Waals surface area contributed by atoms with Crippen molar-refractivity contribution in [2.45, 2.75) is 6.18 Å². The minimum absolute atomic E-state index is 0.0439. The first-order chi connectivity index (χ1) is 14.2. The number of halogens is 4. The summed E-state index contributed by atoms with van der Waals surface area (Å²) in [7, 11) is 0.